The van der Waals surface area contributed by atoms with Crippen LogP contribution >= 0.6 is 0 Å². The summed E-state index contributed by atoms with van der Waals surface area (Å²) in [5, 5.41) is 7.94. The fraction of sp³-hybridized carbons (Fsp3) is 0.100. The van der Waals surface area contributed by atoms with Gasteiger partial charge in [-0.2, -0.15) is 4.99 Å². The average molecular weight is 391 g/mol. The van der Waals surface area contributed by atoms with Gasteiger partial charge in [0.15, 0.2) is 11.9 Å². The predicted molar refractivity (Wildman–Crippen MR) is 112 cm³/mol. The smallest absolute Gasteiger partial charge is 0.287 e. The predicted octanol–water partition coefficient (Wildman–Crippen LogP) is 2.46. The molecule has 0 aromatic heterocycles. The van der Waals surface area contributed by atoms with Crippen LogP contribution in [0.15, 0.2) is 70.0 Å². The topological polar surface area (TPSA) is 111 Å². The average Bonchev–Trinajstić information content (AvgIpc) is 3.12. The molecule has 2 aromatic rings. The van der Waals surface area contributed by atoms with Gasteiger partial charge in [-0.25, -0.2) is 0 Å². The van der Waals surface area contributed by atoms with Crippen molar-refractivity contribution in [2.75, 3.05) is 19.5 Å². The molecule has 3 N–H and O–H groups in total. The lowest BCUT2D eigenvalue weighted by Gasteiger charge is -2.23. The van der Waals surface area contributed by atoms with Crippen LogP contribution in [0.1, 0.15) is 10.4 Å². The molecule has 2 aliphatic heterocycles. The van der Waals surface area contributed by atoms with Gasteiger partial charge < -0.3 is 20.5 Å². The number of guanidine groups is 1. The number of anilines is 1. The van der Waals surface area contributed by atoms with Gasteiger partial charge in [0.1, 0.15) is 17.7 Å². The Labute approximate surface area is 167 Å². The number of fused-ring (bicyclic) bond motifs is 1. The Morgan fingerprint density at radius 1 is 1.07 bits per heavy atom. The first-order valence-corrected chi connectivity index (χ1v) is 8.74. The van der Waals surface area contributed by atoms with Crippen LogP contribution in [0.4, 0.5) is 11.4 Å². The normalized spacial score (nSPS) is 19.2. The quantitative estimate of drug-likeness (QED) is 0.763. The molecule has 0 fully saturated rings. The van der Waals surface area contributed by atoms with Crippen molar-refractivity contribution in [1.82, 2.24) is 4.59 Å². The first-order chi connectivity index (χ1) is 14.0. The van der Waals surface area contributed by atoms with Crippen molar-refractivity contribution in [1.29, 1.82) is 0 Å². The number of hydrogen-bond donors (Lipinski definition) is 2. The van der Waals surface area contributed by atoms with Crippen molar-refractivity contribution in [3.63, 3.8) is 0 Å². The number of methoxy groups -OCH3 is 2. The van der Waals surface area contributed by atoms with Crippen molar-refractivity contribution < 1.29 is 14.3 Å². The van der Waals surface area contributed by atoms with Gasteiger partial charge in [-0.1, -0.05) is 4.59 Å². The number of benzene rings is 2. The number of hydrogen-bond acceptors (Lipinski definition) is 7. The van der Waals surface area contributed by atoms with Gasteiger partial charge in [0.2, 0.25) is 5.91 Å². The number of nitrogens with zero attached hydrogens (tertiary/aromatic N) is 4. The monoisotopic (exact) mass is 391 g/mol. The van der Waals surface area contributed by atoms with Crippen molar-refractivity contribution >= 4 is 35.3 Å². The molecule has 4 rings (SSSR count). The van der Waals surface area contributed by atoms with Crippen LogP contribution in [0.2, 0.25) is 0 Å². The SMILES string of the molecule is COc1cc(NC2=N[N+]3(c4ccc(C(N)=O)cc4)C=CN=CC3=N2)cc(OC)c1. The molecule has 0 bridgehead atoms. The second-order valence-corrected chi connectivity index (χ2v) is 6.29. The number of aliphatic imine (C=N–C) groups is 2. The highest BCUT2D eigenvalue weighted by Crippen LogP contribution is 2.32. The molecule has 0 radical (unpaired) electrons. The van der Waals surface area contributed by atoms with E-state index >= 15 is 0 Å². The largest absolute Gasteiger partial charge is 0.497 e. The van der Waals surface area contributed by atoms with Crippen LogP contribution < -0.4 is 25.1 Å². The fourth-order valence-corrected chi connectivity index (χ4v) is 3.07. The molecule has 0 saturated heterocycles. The first kappa shape index (κ1) is 18.4. The zero-order valence-electron chi connectivity index (χ0n) is 15.9. The standard InChI is InChI=1S/C20H18N6O3/c1-28-16-9-14(10-17(11-16)29-2)23-20-24-18-12-22-7-8-26(18,25-20)15-5-3-13(4-6-15)19(21)27/h3-12H,1-2H3,(H2-,21,23,25,27)/p+1. The van der Waals surface area contributed by atoms with E-state index in [9.17, 15) is 4.79 Å². The van der Waals surface area contributed by atoms with Crippen molar-refractivity contribution in [3.05, 3.63) is 60.4 Å². The Bertz CT molecular complexity index is 1070. The van der Waals surface area contributed by atoms with E-state index in [1.807, 2.05) is 12.1 Å². The maximum Gasteiger partial charge on any atom is 0.287 e. The van der Waals surface area contributed by atoms with Gasteiger partial charge in [0.25, 0.3) is 11.8 Å². The van der Waals surface area contributed by atoms with Crippen LogP contribution in [-0.4, -0.2) is 38.1 Å². The van der Waals surface area contributed by atoms with Gasteiger partial charge >= 0.3 is 0 Å². The van der Waals surface area contributed by atoms with Gasteiger partial charge in [-0.15, -0.1) is 0 Å². The third-order valence-electron chi connectivity index (χ3n) is 4.53. The summed E-state index contributed by atoms with van der Waals surface area (Å²) in [7, 11) is 3.17. The van der Waals surface area contributed by atoms with Crippen LogP contribution in [0.25, 0.3) is 0 Å². The molecule has 9 heteroatoms. The van der Waals surface area contributed by atoms with E-state index in [0.29, 0.717) is 34.5 Å². The van der Waals surface area contributed by atoms with E-state index < -0.39 is 5.91 Å². The number of quaternary nitrogens is 1. The minimum absolute atomic E-state index is 0.00796. The summed E-state index contributed by atoms with van der Waals surface area (Å²) < 4.78 is 10.6. The van der Waals surface area contributed by atoms with Crippen molar-refractivity contribution in [2.45, 2.75) is 0 Å². The molecule has 9 nitrogen and oxygen atoms in total. The van der Waals surface area contributed by atoms with Crippen LogP contribution in [0.3, 0.4) is 0 Å². The second-order valence-electron chi connectivity index (χ2n) is 6.29. The lowest BCUT2D eigenvalue weighted by atomic mass is 10.2. The Hall–Kier alpha value is -3.98. The zero-order chi connectivity index (χ0) is 20.4. The number of amides is 1. The highest BCUT2D eigenvalue weighted by atomic mass is 16.5. The van der Waals surface area contributed by atoms with E-state index in [2.05, 4.69) is 15.3 Å². The van der Waals surface area contributed by atoms with Crippen molar-refractivity contribution in [2.24, 2.45) is 20.8 Å². The summed E-state index contributed by atoms with van der Waals surface area (Å²) in [5.74, 6) is 1.80. The maximum absolute atomic E-state index is 11.4. The molecule has 2 heterocycles. The van der Waals surface area contributed by atoms with Crippen molar-refractivity contribution in [3.8, 4) is 11.5 Å². The lowest BCUT2D eigenvalue weighted by Crippen LogP contribution is -2.44. The number of ether oxygens (including phenoxy) is 2. The van der Waals surface area contributed by atoms with Gasteiger partial charge in [0, 0.05) is 41.6 Å². The third-order valence-corrected chi connectivity index (χ3v) is 4.53. The van der Waals surface area contributed by atoms with E-state index in [1.165, 1.54) is 0 Å². The Morgan fingerprint density at radius 2 is 1.76 bits per heavy atom. The lowest BCUT2D eigenvalue weighted by molar-refractivity contribution is 0.100. The van der Waals surface area contributed by atoms with E-state index in [4.69, 9.17) is 20.3 Å². The van der Waals surface area contributed by atoms with Gasteiger partial charge in [-0.05, 0) is 17.2 Å². The summed E-state index contributed by atoms with van der Waals surface area (Å²) in [5.41, 5.74) is 7.27. The highest BCUT2D eigenvalue weighted by molar-refractivity contribution is 6.38. The van der Waals surface area contributed by atoms with Gasteiger partial charge in [0.05, 0.1) is 20.4 Å². The minimum atomic E-state index is -0.486. The molecular weight excluding hydrogens is 372 g/mol. The number of amidine groups is 1. The summed E-state index contributed by atoms with van der Waals surface area (Å²) in [6, 6.07) is 12.3. The van der Waals surface area contributed by atoms with E-state index in [0.717, 1.165) is 5.69 Å². The number of primary amides is 1. The Kier molecular flexibility index (Phi) is 4.57. The summed E-state index contributed by atoms with van der Waals surface area (Å²) in [6.45, 7) is 0. The molecule has 2 aromatic carbocycles. The van der Waals surface area contributed by atoms with Crippen LogP contribution in [0.5, 0.6) is 11.5 Å². The fourth-order valence-electron chi connectivity index (χ4n) is 3.07. The van der Waals surface area contributed by atoms with Crippen LogP contribution in [0, 0.1) is 0 Å². The number of nitrogens with two attached hydrogens (primary N) is 1. The Morgan fingerprint density at radius 3 is 2.38 bits per heavy atom. The van der Waals surface area contributed by atoms with Crippen LogP contribution in [-0.2, 0) is 0 Å². The number of carbonyl (C=O) groups excluding carboxylic acids is 1. The summed E-state index contributed by atoms with van der Waals surface area (Å²) in [6.07, 6.45) is 5.10. The third kappa shape index (κ3) is 3.34. The summed E-state index contributed by atoms with van der Waals surface area (Å²) in [4.78, 5) is 20.1. The molecule has 2 aliphatic rings. The number of nitrogens with one attached hydrogen (secondary N) is 1. The molecule has 146 valence electrons. The number of carbonyl (C=O) groups is 1. The molecule has 1 unspecified atom stereocenters. The minimum Gasteiger partial charge on any atom is -0.497 e. The highest BCUT2D eigenvalue weighted by Gasteiger charge is 2.42. The molecule has 1 atom stereocenters. The second kappa shape index (κ2) is 7.21. The van der Waals surface area contributed by atoms with E-state index in [-0.39, 0.29) is 4.59 Å². The molecule has 1 amide bonds. The summed E-state index contributed by atoms with van der Waals surface area (Å²) >= 11 is 0. The first-order valence-electron chi connectivity index (χ1n) is 8.74. The Balaban J connectivity index is 1.71. The molecule has 0 saturated carbocycles. The molecule has 29 heavy (non-hydrogen) atoms. The molecular formula is C20H19N6O3+. The molecule has 0 spiro atoms. The van der Waals surface area contributed by atoms with E-state index in [1.54, 1.807) is 63.2 Å². The molecule has 0 aliphatic carbocycles. The zero-order valence-corrected chi connectivity index (χ0v) is 15.9. The number of rotatable bonds is 5. The van der Waals surface area contributed by atoms with Gasteiger partial charge in [-0.3, -0.25) is 9.79 Å². The maximum atomic E-state index is 11.4.